The SMILES string of the molecule is Cc1ccc(C)c(NC(=O)c2ccc(C(=O)Nc3ccc(N(C)C)cc3)cc2)c1. The van der Waals surface area contributed by atoms with Gasteiger partial charge in [0.05, 0.1) is 0 Å². The fraction of sp³-hybridized carbons (Fsp3) is 0.167. The Morgan fingerprint density at radius 3 is 1.83 bits per heavy atom. The van der Waals surface area contributed by atoms with Crippen molar-refractivity contribution in [2.45, 2.75) is 13.8 Å². The fourth-order valence-corrected chi connectivity index (χ4v) is 2.88. The average Bonchev–Trinajstić information content (AvgIpc) is 2.71. The Kier molecular flexibility index (Phi) is 5.98. The Balaban J connectivity index is 1.66. The molecule has 0 bridgehead atoms. The maximum atomic E-state index is 12.5. The molecule has 3 aromatic rings. The second kappa shape index (κ2) is 8.61. The summed E-state index contributed by atoms with van der Waals surface area (Å²) in [6, 6.07) is 20.1. The molecule has 0 fully saturated rings. The zero-order chi connectivity index (χ0) is 21.0. The summed E-state index contributed by atoms with van der Waals surface area (Å²) in [7, 11) is 3.93. The lowest BCUT2D eigenvalue weighted by atomic mass is 10.1. The van der Waals surface area contributed by atoms with Crippen LogP contribution >= 0.6 is 0 Å². The van der Waals surface area contributed by atoms with Crippen LogP contribution in [0, 0.1) is 13.8 Å². The standard InChI is InChI=1S/C24H25N3O2/c1-16-5-6-17(2)22(15-16)26-24(29)19-9-7-18(8-10-19)23(28)25-20-11-13-21(14-12-20)27(3)4/h5-15H,1-4H3,(H,25,28)(H,26,29). The number of hydrogen-bond donors (Lipinski definition) is 2. The van der Waals surface area contributed by atoms with Crippen LogP contribution in [-0.2, 0) is 0 Å². The zero-order valence-electron chi connectivity index (χ0n) is 17.1. The highest BCUT2D eigenvalue weighted by molar-refractivity contribution is 6.07. The van der Waals surface area contributed by atoms with Crippen molar-refractivity contribution in [2.24, 2.45) is 0 Å². The number of amides is 2. The molecular formula is C24H25N3O2. The van der Waals surface area contributed by atoms with Crippen molar-refractivity contribution in [3.63, 3.8) is 0 Å². The van der Waals surface area contributed by atoms with Crippen molar-refractivity contribution in [1.29, 1.82) is 0 Å². The Bertz CT molecular complexity index is 1020. The molecule has 0 atom stereocenters. The molecule has 0 spiro atoms. The number of carbonyl (C=O) groups is 2. The Morgan fingerprint density at radius 1 is 0.724 bits per heavy atom. The van der Waals surface area contributed by atoms with E-state index < -0.39 is 0 Å². The van der Waals surface area contributed by atoms with Gasteiger partial charge in [-0.1, -0.05) is 12.1 Å². The van der Waals surface area contributed by atoms with Gasteiger partial charge in [0, 0.05) is 42.3 Å². The fourth-order valence-electron chi connectivity index (χ4n) is 2.88. The van der Waals surface area contributed by atoms with Crippen LogP contribution in [0.25, 0.3) is 0 Å². The van der Waals surface area contributed by atoms with Gasteiger partial charge in [0.2, 0.25) is 0 Å². The second-order valence-electron chi connectivity index (χ2n) is 7.25. The maximum Gasteiger partial charge on any atom is 0.255 e. The highest BCUT2D eigenvalue weighted by atomic mass is 16.2. The molecule has 3 aromatic carbocycles. The number of nitrogens with zero attached hydrogens (tertiary/aromatic N) is 1. The van der Waals surface area contributed by atoms with Crippen LogP contribution in [0.5, 0.6) is 0 Å². The minimum atomic E-state index is -0.218. The molecule has 5 nitrogen and oxygen atoms in total. The number of carbonyl (C=O) groups excluding carboxylic acids is 2. The molecule has 0 aliphatic heterocycles. The molecule has 0 saturated carbocycles. The van der Waals surface area contributed by atoms with E-state index in [0.717, 1.165) is 28.2 Å². The lowest BCUT2D eigenvalue weighted by molar-refractivity contribution is 0.101. The van der Waals surface area contributed by atoms with Crippen molar-refractivity contribution >= 4 is 28.9 Å². The molecule has 2 N–H and O–H groups in total. The number of nitrogens with one attached hydrogen (secondary N) is 2. The van der Waals surface area contributed by atoms with Gasteiger partial charge >= 0.3 is 0 Å². The van der Waals surface area contributed by atoms with E-state index in [2.05, 4.69) is 10.6 Å². The molecule has 0 aliphatic carbocycles. The summed E-state index contributed by atoms with van der Waals surface area (Å²) in [6.07, 6.45) is 0. The third-order valence-electron chi connectivity index (χ3n) is 4.69. The lowest BCUT2D eigenvalue weighted by Gasteiger charge is -2.13. The van der Waals surface area contributed by atoms with Gasteiger partial charge in [-0.05, 0) is 79.6 Å². The van der Waals surface area contributed by atoms with E-state index in [1.807, 2.05) is 75.3 Å². The number of hydrogen-bond acceptors (Lipinski definition) is 3. The molecule has 0 radical (unpaired) electrons. The van der Waals surface area contributed by atoms with E-state index in [0.29, 0.717) is 11.1 Å². The summed E-state index contributed by atoms with van der Waals surface area (Å²) < 4.78 is 0. The van der Waals surface area contributed by atoms with E-state index in [9.17, 15) is 9.59 Å². The van der Waals surface area contributed by atoms with Crippen molar-refractivity contribution in [2.75, 3.05) is 29.6 Å². The number of benzene rings is 3. The first-order chi connectivity index (χ1) is 13.8. The Morgan fingerprint density at radius 2 is 1.28 bits per heavy atom. The lowest BCUT2D eigenvalue weighted by Crippen LogP contribution is -2.15. The first-order valence-corrected chi connectivity index (χ1v) is 9.41. The summed E-state index contributed by atoms with van der Waals surface area (Å²) in [4.78, 5) is 27.0. The van der Waals surface area contributed by atoms with E-state index in [1.54, 1.807) is 24.3 Å². The third-order valence-corrected chi connectivity index (χ3v) is 4.69. The van der Waals surface area contributed by atoms with Gasteiger partial charge in [0.25, 0.3) is 11.8 Å². The first-order valence-electron chi connectivity index (χ1n) is 9.41. The summed E-state index contributed by atoms with van der Waals surface area (Å²) in [5.41, 5.74) is 5.64. The number of rotatable bonds is 5. The van der Waals surface area contributed by atoms with Gasteiger partial charge in [0.1, 0.15) is 0 Å². The van der Waals surface area contributed by atoms with Crippen molar-refractivity contribution in [1.82, 2.24) is 0 Å². The van der Waals surface area contributed by atoms with Gasteiger partial charge < -0.3 is 15.5 Å². The topological polar surface area (TPSA) is 61.4 Å². The van der Waals surface area contributed by atoms with Crippen LogP contribution in [0.1, 0.15) is 31.8 Å². The van der Waals surface area contributed by atoms with Gasteiger partial charge in [-0.3, -0.25) is 9.59 Å². The molecule has 2 amide bonds. The predicted octanol–water partition coefficient (Wildman–Crippen LogP) is 4.87. The van der Waals surface area contributed by atoms with Crippen LogP contribution in [0.4, 0.5) is 17.1 Å². The van der Waals surface area contributed by atoms with Gasteiger partial charge in [-0.25, -0.2) is 0 Å². The van der Waals surface area contributed by atoms with Crippen LogP contribution in [0.2, 0.25) is 0 Å². The van der Waals surface area contributed by atoms with Gasteiger partial charge in [-0.2, -0.15) is 0 Å². The molecule has 5 heteroatoms. The molecule has 29 heavy (non-hydrogen) atoms. The smallest absolute Gasteiger partial charge is 0.255 e. The highest BCUT2D eigenvalue weighted by Gasteiger charge is 2.11. The molecular weight excluding hydrogens is 362 g/mol. The van der Waals surface area contributed by atoms with Gasteiger partial charge in [0.15, 0.2) is 0 Å². The largest absolute Gasteiger partial charge is 0.378 e. The average molecular weight is 387 g/mol. The zero-order valence-corrected chi connectivity index (χ0v) is 17.1. The summed E-state index contributed by atoms with van der Waals surface area (Å²) in [5, 5.41) is 5.80. The van der Waals surface area contributed by atoms with Crippen molar-refractivity contribution < 1.29 is 9.59 Å². The highest BCUT2D eigenvalue weighted by Crippen LogP contribution is 2.19. The minimum absolute atomic E-state index is 0.204. The monoisotopic (exact) mass is 387 g/mol. The van der Waals surface area contributed by atoms with Crippen LogP contribution in [0.15, 0.2) is 66.7 Å². The van der Waals surface area contributed by atoms with Crippen molar-refractivity contribution in [3.05, 3.63) is 89.0 Å². The van der Waals surface area contributed by atoms with E-state index in [-0.39, 0.29) is 11.8 Å². The third kappa shape index (κ3) is 5.02. The van der Waals surface area contributed by atoms with Crippen LogP contribution in [0.3, 0.4) is 0 Å². The quantitative estimate of drug-likeness (QED) is 0.656. The number of aryl methyl sites for hydroxylation is 2. The molecule has 3 rings (SSSR count). The van der Waals surface area contributed by atoms with E-state index in [4.69, 9.17) is 0 Å². The minimum Gasteiger partial charge on any atom is -0.378 e. The second-order valence-corrected chi connectivity index (χ2v) is 7.25. The first kappa shape index (κ1) is 20.1. The van der Waals surface area contributed by atoms with Gasteiger partial charge in [-0.15, -0.1) is 0 Å². The molecule has 0 unspecified atom stereocenters. The normalized spacial score (nSPS) is 10.3. The molecule has 0 aromatic heterocycles. The van der Waals surface area contributed by atoms with E-state index in [1.165, 1.54) is 0 Å². The molecule has 0 saturated heterocycles. The van der Waals surface area contributed by atoms with Crippen LogP contribution < -0.4 is 15.5 Å². The molecule has 0 heterocycles. The number of anilines is 3. The predicted molar refractivity (Wildman–Crippen MR) is 119 cm³/mol. The van der Waals surface area contributed by atoms with E-state index >= 15 is 0 Å². The maximum absolute atomic E-state index is 12.5. The molecule has 148 valence electrons. The summed E-state index contributed by atoms with van der Waals surface area (Å²) >= 11 is 0. The summed E-state index contributed by atoms with van der Waals surface area (Å²) in [5.74, 6) is -0.422. The van der Waals surface area contributed by atoms with Crippen molar-refractivity contribution in [3.8, 4) is 0 Å². The van der Waals surface area contributed by atoms with Crippen LogP contribution in [-0.4, -0.2) is 25.9 Å². The Labute approximate surface area is 171 Å². The Hall–Kier alpha value is -3.60. The molecule has 0 aliphatic rings. The summed E-state index contributed by atoms with van der Waals surface area (Å²) in [6.45, 7) is 3.93.